The van der Waals surface area contributed by atoms with E-state index >= 15 is 0 Å². The van der Waals surface area contributed by atoms with Crippen molar-refractivity contribution in [2.24, 2.45) is 5.92 Å². The first-order chi connectivity index (χ1) is 8.35. The van der Waals surface area contributed by atoms with E-state index in [9.17, 15) is 9.59 Å². The minimum absolute atomic E-state index is 0.0474. The lowest BCUT2D eigenvalue weighted by Crippen LogP contribution is -2.49. The van der Waals surface area contributed by atoms with E-state index in [-0.39, 0.29) is 18.0 Å². The molecule has 2 heterocycles. The lowest BCUT2D eigenvalue weighted by molar-refractivity contribution is -0.132. The summed E-state index contributed by atoms with van der Waals surface area (Å²) in [6.45, 7) is 10.6. The maximum Gasteiger partial charge on any atom is 0.325 e. The van der Waals surface area contributed by atoms with Gasteiger partial charge in [0.1, 0.15) is 5.54 Å². The lowest BCUT2D eigenvalue weighted by Gasteiger charge is -2.23. The van der Waals surface area contributed by atoms with Gasteiger partial charge in [-0.15, -0.1) is 0 Å². The van der Waals surface area contributed by atoms with Crippen molar-refractivity contribution in [1.29, 1.82) is 0 Å². The number of imide groups is 1. The zero-order chi connectivity index (χ0) is 13.5. The van der Waals surface area contributed by atoms with E-state index in [1.807, 2.05) is 13.8 Å². The number of urea groups is 1. The van der Waals surface area contributed by atoms with E-state index in [1.54, 1.807) is 0 Å². The molecule has 1 atom stereocenters. The highest BCUT2D eigenvalue weighted by atomic mass is 16.2. The smallest absolute Gasteiger partial charge is 0.322 e. The predicted octanol–water partition coefficient (Wildman–Crippen LogP) is 1.05. The Balaban J connectivity index is 2.11. The van der Waals surface area contributed by atoms with Gasteiger partial charge in [0.05, 0.1) is 0 Å². The SMILES string of the molecule is CC(C)CN1CCC2(C1)NC(=O)N(C(C)C)C2=O. The molecule has 0 saturated carbocycles. The number of nitrogens with one attached hydrogen (secondary N) is 1. The average Bonchev–Trinajstić information content (AvgIpc) is 2.70. The second-order valence-corrected chi connectivity index (χ2v) is 6.16. The van der Waals surface area contributed by atoms with Gasteiger partial charge < -0.3 is 10.2 Å². The molecule has 3 amide bonds. The predicted molar refractivity (Wildman–Crippen MR) is 69.1 cm³/mol. The summed E-state index contributed by atoms with van der Waals surface area (Å²) in [5.41, 5.74) is -0.657. The molecule has 2 rings (SSSR count). The lowest BCUT2D eigenvalue weighted by atomic mass is 9.98. The summed E-state index contributed by atoms with van der Waals surface area (Å²) >= 11 is 0. The number of carbonyl (C=O) groups is 2. The van der Waals surface area contributed by atoms with Crippen LogP contribution < -0.4 is 5.32 Å². The zero-order valence-corrected chi connectivity index (χ0v) is 11.7. The van der Waals surface area contributed by atoms with Gasteiger partial charge >= 0.3 is 6.03 Å². The van der Waals surface area contributed by atoms with Crippen LogP contribution in [0.2, 0.25) is 0 Å². The summed E-state index contributed by atoms with van der Waals surface area (Å²) in [5, 5.41) is 2.91. The van der Waals surface area contributed by atoms with Crippen molar-refractivity contribution in [1.82, 2.24) is 15.1 Å². The first kappa shape index (κ1) is 13.3. The summed E-state index contributed by atoms with van der Waals surface area (Å²) in [5.74, 6) is 0.530. The average molecular weight is 253 g/mol. The third-order valence-corrected chi connectivity index (χ3v) is 3.68. The van der Waals surface area contributed by atoms with Crippen molar-refractivity contribution in [2.45, 2.75) is 45.7 Å². The highest BCUT2D eigenvalue weighted by Gasteiger charge is 2.55. The van der Waals surface area contributed by atoms with E-state index in [1.165, 1.54) is 4.90 Å². The molecule has 0 bridgehead atoms. The fraction of sp³-hybridized carbons (Fsp3) is 0.846. The molecule has 5 heteroatoms. The van der Waals surface area contributed by atoms with Gasteiger partial charge in [-0.25, -0.2) is 4.79 Å². The van der Waals surface area contributed by atoms with E-state index in [2.05, 4.69) is 24.1 Å². The second-order valence-electron chi connectivity index (χ2n) is 6.16. The molecular weight excluding hydrogens is 230 g/mol. The molecule has 0 radical (unpaired) electrons. The Hall–Kier alpha value is -1.10. The fourth-order valence-corrected chi connectivity index (χ4v) is 2.95. The molecule has 2 fully saturated rings. The van der Waals surface area contributed by atoms with Crippen LogP contribution in [-0.4, -0.2) is 53.0 Å². The maximum atomic E-state index is 12.4. The molecule has 1 N–H and O–H groups in total. The minimum atomic E-state index is -0.657. The Morgan fingerprint density at radius 1 is 1.28 bits per heavy atom. The van der Waals surface area contributed by atoms with Gasteiger partial charge in [0.25, 0.3) is 5.91 Å². The Kier molecular flexibility index (Phi) is 3.36. The minimum Gasteiger partial charge on any atom is -0.322 e. The van der Waals surface area contributed by atoms with Crippen LogP contribution in [0.25, 0.3) is 0 Å². The highest BCUT2D eigenvalue weighted by Crippen LogP contribution is 2.30. The third-order valence-electron chi connectivity index (χ3n) is 3.68. The van der Waals surface area contributed by atoms with Crippen LogP contribution in [0.1, 0.15) is 34.1 Å². The molecule has 0 aromatic carbocycles. The maximum absolute atomic E-state index is 12.4. The summed E-state index contributed by atoms with van der Waals surface area (Å²) in [6.07, 6.45) is 0.730. The number of hydrogen-bond acceptors (Lipinski definition) is 3. The van der Waals surface area contributed by atoms with Gasteiger partial charge in [0.15, 0.2) is 0 Å². The number of amides is 3. The van der Waals surface area contributed by atoms with Crippen molar-refractivity contribution < 1.29 is 9.59 Å². The zero-order valence-electron chi connectivity index (χ0n) is 11.7. The van der Waals surface area contributed by atoms with Gasteiger partial charge in [-0.3, -0.25) is 9.69 Å². The molecule has 0 aromatic heterocycles. The molecule has 0 aliphatic carbocycles. The van der Waals surface area contributed by atoms with Crippen molar-refractivity contribution in [2.75, 3.05) is 19.6 Å². The molecule has 18 heavy (non-hydrogen) atoms. The molecule has 102 valence electrons. The van der Waals surface area contributed by atoms with Gasteiger partial charge in [-0.1, -0.05) is 13.8 Å². The first-order valence-electron chi connectivity index (χ1n) is 6.74. The summed E-state index contributed by atoms with van der Waals surface area (Å²) < 4.78 is 0. The van der Waals surface area contributed by atoms with Gasteiger partial charge in [0.2, 0.25) is 0 Å². The van der Waals surface area contributed by atoms with Gasteiger partial charge in [0, 0.05) is 25.7 Å². The molecular formula is C13H23N3O2. The van der Waals surface area contributed by atoms with Gasteiger partial charge in [-0.2, -0.15) is 0 Å². The second kappa shape index (κ2) is 4.53. The third kappa shape index (κ3) is 2.11. The summed E-state index contributed by atoms with van der Waals surface area (Å²) in [6, 6.07) is -0.308. The van der Waals surface area contributed by atoms with Crippen LogP contribution in [-0.2, 0) is 4.79 Å². The molecule has 1 unspecified atom stereocenters. The quantitative estimate of drug-likeness (QED) is 0.765. The summed E-state index contributed by atoms with van der Waals surface area (Å²) in [7, 11) is 0. The Morgan fingerprint density at radius 2 is 1.94 bits per heavy atom. The number of nitrogens with zero attached hydrogens (tertiary/aromatic N) is 2. The molecule has 2 saturated heterocycles. The van der Waals surface area contributed by atoms with Crippen molar-refractivity contribution in [3.63, 3.8) is 0 Å². The van der Waals surface area contributed by atoms with E-state index in [4.69, 9.17) is 0 Å². The van der Waals surface area contributed by atoms with Crippen LogP contribution in [0, 0.1) is 5.92 Å². The molecule has 2 aliphatic rings. The molecule has 1 spiro atoms. The molecule has 0 aromatic rings. The Labute approximate surface area is 108 Å². The monoisotopic (exact) mass is 253 g/mol. The van der Waals surface area contributed by atoms with Gasteiger partial charge in [-0.05, 0) is 26.2 Å². The topological polar surface area (TPSA) is 52.7 Å². The van der Waals surface area contributed by atoms with Crippen molar-refractivity contribution in [3.8, 4) is 0 Å². The highest BCUT2D eigenvalue weighted by molar-refractivity contribution is 6.07. The largest absolute Gasteiger partial charge is 0.325 e. The van der Waals surface area contributed by atoms with Crippen LogP contribution >= 0.6 is 0 Å². The van der Waals surface area contributed by atoms with Crippen molar-refractivity contribution in [3.05, 3.63) is 0 Å². The Morgan fingerprint density at radius 3 is 2.44 bits per heavy atom. The van der Waals surface area contributed by atoms with E-state index in [0.29, 0.717) is 12.5 Å². The fourth-order valence-electron chi connectivity index (χ4n) is 2.95. The number of likely N-dealkylation sites (tertiary alicyclic amines) is 1. The number of hydrogen-bond donors (Lipinski definition) is 1. The van der Waals surface area contributed by atoms with E-state index in [0.717, 1.165) is 19.5 Å². The van der Waals surface area contributed by atoms with Crippen LogP contribution in [0.5, 0.6) is 0 Å². The number of rotatable bonds is 3. The van der Waals surface area contributed by atoms with Crippen molar-refractivity contribution >= 4 is 11.9 Å². The number of carbonyl (C=O) groups excluding carboxylic acids is 2. The normalized spacial score (nSPS) is 29.1. The van der Waals surface area contributed by atoms with Crippen LogP contribution in [0.3, 0.4) is 0 Å². The standard InChI is InChI=1S/C13H23N3O2/c1-9(2)7-15-6-5-13(8-15)11(17)16(10(3)4)12(18)14-13/h9-10H,5-8H2,1-4H3,(H,14,18). The molecule has 2 aliphatic heterocycles. The summed E-state index contributed by atoms with van der Waals surface area (Å²) in [4.78, 5) is 28.0. The van der Waals surface area contributed by atoms with Crippen LogP contribution in [0.15, 0.2) is 0 Å². The first-order valence-corrected chi connectivity index (χ1v) is 6.74. The van der Waals surface area contributed by atoms with Crippen LogP contribution in [0.4, 0.5) is 4.79 Å². The molecule has 5 nitrogen and oxygen atoms in total. The Bertz CT molecular complexity index is 367. The van der Waals surface area contributed by atoms with E-state index < -0.39 is 5.54 Å².